The molecule has 9 heteroatoms. The van der Waals surface area contributed by atoms with Gasteiger partial charge in [-0.15, -0.1) is 0 Å². The summed E-state index contributed by atoms with van der Waals surface area (Å²) in [5.41, 5.74) is 3.06. The van der Waals surface area contributed by atoms with E-state index in [4.69, 9.17) is 20.9 Å². The molecule has 1 heterocycles. The number of aryl methyl sites for hydroxylation is 2. The first-order chi connectivity index (χ1) is 15.2. The van der Waals surface area contributed by atoms with Crippen molar-refractivity contribution in [2.75, 3.05) is 12.4 Å². The van der Waals surface area contributed by atoms with Gasteiger partial charge in [0.1, 0.15) is 0 Å². The van der Waals surface area contributed by atoms with Crippen LogP contribution in [0, 0.1) is 0 Å². The number of nitrogens with zero attached hydrogens (tertiary/aromatic N) is 2. The van der Waals surface area contributed by atoms with Gasteiger partial charge in [0.15, 0.2) is 11.0 Å². The lowest BCUT2D eigenvalue weighted by atomic mass is 10.2. The van der Waals surface area contributed by atoms with E-state index in [0.717, 1.165) is 22.4 Å². The van der Waals surface area contributed by atoms with Gasteiger partial charge >= 0.3 is 5.97 Å². The predicted molar refractivity (Wildman–Crippen MR) is 125 cm³/mol. The number of benzene rings is 2. The monoisotopic (exact) mass is 477 g/mol. The average molecular weight is 478 g/mol. The second-order valence-corrected chi connectivity index (χ2v) is 9.21. The number of hydrogen-bond donors (Lipinski definition) is 1. The zero-order valence-corrected chi connectivity index (χ0v) is 19.6. The van der Waals surface area contributed by atoms with Crippen molar-refractivity contribution in [3.05, 3.63) is 64.4 Å². The molecule has 0 unspecified atom stereocenters. The van der Waals surface area contributed by atoms with Crippen molar-refractivity contribution in [2.24, 2.45) is 0 Å². The molecule has 2 aromatic carbocycles. The maximum atomic E-state index is 12.3. The molecule has 0 aliphatic heterocycles. The SMILES string of the molecule is CCOC(=O)c1ccc2c(c1)n(CCCS(=O)(=O)O)c(C=Cc1ccc(Cl)cc1)[n+]2CC. The molecule has 170 valence electrons. The third-order valence-corrected chi connectivity index (χ3v) is 6.07. The average Bonchev–Trinajstić information content (AvgIpc) is 3.04. The number of hydrogen-bond acceptors (Lipinski definition) is 4. The third-order valence-electron chi connectivity index (χ3n) is 5.02. The molecule has 0 radical (unpaired) electrons. The van der Waals surface area contributed by atoms with Gasteiger partial charge in [0.2, 0.25) is 0 Å². The van der Waals surface area contributed by atoms with E-state index >= 15 is 0 Å². The number of imidazole rings is 1. The Labute approximate surface area is 192 Å². The maximum absolute atomic E-state index is 12.3. The highest BCUT2D eigenvalue weighted by Gasteiger charge is 2.24. The number of fused-ring (bicyclic) bond motifs is 1. The Balaban J connectivity index is 2.11. The van der Waals surface area contributed by atoms with Crippen LogP contribution < -0.4 is 4.57 Å². The predicted octanol–water partition coefficient (Wildman–Crippen LogP) is 4.23. The van der Waals surface area contributed by atoms with Crippen molar-refractivity contribution in [1.29, 1.82) is 0 Å². The van der Waals surface area contributed by atoms with Crippen LogP contribution in [0.25, 0.3) is 23.2 Å². The zero-order chi connectivity index (χ0) is 23.3. The number of carbonyl (C=O) groups excluding carboxylic acids is 1. The number of ether oxygens (including phenoxy) is 1. The van der Waals surface area contributed by atoms with E-state index in [2.05, 4.69) is 4.57 Å². The molecule has 0 fully saturated rings. The van der Waals surface area contributed by atoms with E-state index in [-0.39, 0.29) is 18.8 Å². The highest BCUT2D eigenvalue weighted by molar-refractivity contribution is 7.85. The lowest BCUT2D eigenvalue weighted by Crippen LogP contribution is -2.35. The van der Waals surface area contributed by atoms with Gasteiger partial charge in [0.25, 0.3) is 15.9 Å². The molecule has 7 nitrogen and oxygen atoms in total. The first kappa shape index (κ1) is 24.0. The number of carbonyl (C=O) groups is 1. The lowest BCUT2D eigenvalue weighted by Gasteiger charge is -2.03. The van der Waals surface area contributed by atoms with E-state index in [1.807, 2.05) is 54.0 Å². The Morgan fingerprint density at radius 3 is 2.50 bits per heavy atom. The van der Waals surface area contributed by atoms with Crippen LogP contribution in [0.5, 0.6) is 0 Å². The fourth-order valence-corrected chi connectivity index (χ4v) is 4.22. The fourth-order valence-electron chi connectivity index (χ4n) is 3.60. The summed E-state index contributed by atoms with van der Waals surface area (Å²) in [5.74, 6) is 0.0756. The van der Waals surface area contributed by atoms with Crippen LogP contribution in [0.1, 0.15) is 42.0 Å². The number of rotatable bonds is 9. The van der Waals surface area contributed by atoms with Crippen molar-refractivity contribution in [1.82, 2.24) is 4.57 Å². The molecule has 0 bridgehead atoms. The summed E-state index contributed by atoms with van der Waals surface area (Å²) in [4.78, 5) is 12.3. The van der Waals surface area contributed by atoms with Crippen LogP contribution in [0.2, 0.25) is 5.02 Å². The Morgan fingerprint density at radius 1 is 1.16 bits per heavy atom. The van der Waals surface area contributed by atoms with Gasteiger partial charge in [-0.3, -0.25) is 4.55 Å². The van der Waals surface area contributed by atoms with Crippen LogP contribution in [0.3, 0.4) is 0 Å². The van der Waals surface area contributed by atoms with Crippen molar-refractivity contribution in [3.8, 4) is 0 Å². The Morgan fingerprint density at radius 2 is 1.88 bits per heavy atom. The van der Waals surface area contributed by atoms with Gasteiger partial charge in [-0.25, -0.2) is 13.9 Å². The van der Waals surface area contributed by atoms with Crippen LogP contribution in [-0.2, 0) is 27.9 Å². The van der Waals surface area contributed by atoms with Gasteiger partial charge in [0, 0.05) is 23.6 Å². The second-order valence-electron chi connectivity index (χ2n) is 7.20. The largest absolute Gasteiger partial charge is 0.462 e. The van der Waals surface area contributed by atoms with Crippen LogP contribution in [-0.4, -0.2) is 35.9 Å². The van der Waals surface area contributed by atoms with Gasteiger partial charge in [-0.05, 0) is 49.8 Å². The first-order valence-corrected chi connectivity index (χ1v) is 12.3. The number of aromatic nitrogens is 2. The van der Waals surface area contributed by atoms with E-state index in [1.165, 1.54) is 0 Å². The Bertz CT molecular complexity index is 1250. The first-order valence-electron chi connectivity index (χ1n) is 10.4. The molecule has 1 N–H and O–H groups in total. The molecule has 3 aromatic rings. The van der Waals surface area contributed by atoms with Crippen LogP contribution >= 0.6 is 11.6 Å². The standard InChI is InChI=1S/C23H25ClN2O5S/c1-3-25-20-12-9-18(23(27)31-4-2)16-21(20)26(14-5-15-32(28,29)30)22(25)13-8-17-6-10-19(24)11-7-17/h6-13,16H,3-5,14-15H2,1-2H3/p+1. The topological polar surface area (TPSA) is 89.5 Å². The quantitative estimate of drug-likeness (QED) is 0.283. The molecular weight excluding hydrogens is 452 g/mol. The second kappa shape index (κ2) is 10.3. The van der Waals surface area contributed by atoms with Crippen molar-refractivity contribution in [3.63, 3.8) is 0 Å². The molecule has 0 saturated heterocycles. The van der Waals surface area contributed by atoms with Gasteiger partial charge in [0.05, 0.1) is 31.0 Å². The summed E-state index contributed by atoms with van der Waals surface area (Å²) in [7, 11) is -4.07. The van der Waals surface area contributed by atoms with Crippen LogP contribution in [0.4, 0.5) is 0 Å². The van der Waals surface area contributed by atoms with Crippen molar-refractivity contribution in [2.45, 2.75) is 33.4 Å². The maximum Gasteiger partial charge on any atom is 0.338 e. The summed E-state index contributed by atoms with van der Waals surface area (Å²) in [6, 6.07) is 12.8. The normalized spacial score (nSPS) is 12.0. The smallest absolute Gasteiger partial charge is 0.338 e. The number of halogens is 1. The molecule has 0 aliphatic rings. The molecule has 0 saturated carbocycles. The van der Waals surface area contributed by atoms with Crippen molar-refractivity contribution < 1.29 is 27.1 Å². The van der Waals surface area contributed by atoms with E-state index in [0.29, 0.717) is 23.7 Å². The van der Waals surface area contributed by atoms with Gasteiger partial charge in [-0.2, -0.15) is 8.42 Å². The molecule has 0 amide bonds. The van der Waals surface area contributed by atoms with E-state index < -0.39 is 16.1 Å². The highest BCUT2D eigenvalue weighted by Crippen LogP contribution is 2.21. The number of esters is 1. The molecule has 0 aliphatic carbocycles. The molecular formula is C23H26ClN2O5S+. The molecule has 3 rings (SSSR count). The minimum Gasteiger partial charge on any atom is -0.462 e. The van der Waals surface area contributed by atoms with Crippen molar-refractivity contribution >= 4 is 50.9 Å². The lowest BCUT2D eigenvalue weighted by molar-refractivity contribution is -0.670. The Hall–Kier alpha value is -2.68. The van der Waals surface area contributed by atoms with Gasteiger partial charge < -0.3 is 4.74 Å². The third kappa shape index (κ3) is 5.76. The molecule has 1 aromatic heterocycles. The van der Waals surface area contributed by atoms with Crippen LogP contribution in [0.15, 0.2) is 42.5 Å². The summed E-state index contributed by atoms with van der Waals surface area (Å²) in [6.07, 6.45) is 4.12. The van der Waals surface area contributed by atoms with E-state index in [1.54, 1.807) is 19.1 Å². The van der Waals surface area contributed by atoms with Gasteiger partial charge in [-0.1, -0.05) is 23.7 Å². The van der Waals surface area contributed by atoms with E-state index in [9.17, 15) is 13.2 Å². The molecule has 32 heavy (non-hydrogen) atoms. The summed E-state index contributed by atoms with van der Waals surface area (Å²) in [5, 5.41) is 0.650. The fraction of sp³-hybridized carbons (Fsp3) is 0.304. The highest BCUT2D eigenvalue weighted by atomic mass is 35.5. The molecule has 0 atom stereocenters. The minimum atomic E-state index is -4.07. The Kier molecular flexibility index (Phi) is 7.71. The summed E-state index contributed by atoms with van der Waals surface area (Å²) < 4.78 is 40.8. The molecule has 0 spiro atoms. The zero-order valence-electron chi connectivity index (χ0n) is 18.0. The minimum absolute atomic E-state index is 0.220. The summed E-state index contributed by atoms with van der Waals surface area (Å²) >= 11 is 5.97. The summed E-state index contributed by atoms with van der Waals surface area (Å²) in [6.45, 7) is 5.05.